The van der Waals surface area contributed by atoms with Gasteiger partial charge in [-0.3, -0.25) is 4.98 Å². The van der Waals surface area contributed by atoms with E-state index in [2.05, 4.69) is 30.2 Å². The predicted molar refractivity (Wildman–Crippen MR) is 74.8 cm³/mol. The molecular weight excluding hydrogens is 232 g/mol. The molecule has 0 saturated heterocycles. The van der Waals surface area contributed by atoms with Crippen LogP contribution in [0, 0.1) is 0 Å². The van der Waals surface area contributed by atoms with Crippen molar-refractivity contribution < 1.29 is 4.74 Å². The zero-order chi connectivity index (χ0) is 12.5. The largest absolute Gasteiger partial charge is 0.495 e. The summed E-state index contributed by atoms with van der Waals surface area (Å²) in [6.45, 7) is 5.40. The highest BCUT2D eigenvalue weighted by molar-refractivity contribution is 7.99. The second kappa shape index (κ2) is 8.37. The monoisotopic (exact) mass is 254 g/mol. The highest BCUT2D eigenvalue weighted by atomic mass is 32.2. The van der Waals surface area contributed by atoms with Gasteiger partial charge >= 0.3 is 0 Å². The molecular formula is C13H22N2OS. The first kappa shape index (κ1) is 14.3. The first-order valence-corrected chi connectivity index (χ1v) is 7.27. The first-order chi connectivity index (χ1) is 8.31. The molecule has 0 aliphatic carbocycles. The second-order valence-electron chi connectivity index (χ2n) is 3.82. The highest BCUT2D eigenvalue weighted by Gasteiger charge is 2.11. The van der Waals surface area contributed by atoms with E-state index in [1.54, 1.807) is 13.3 Å². The van der Waals surface area contributed by atoms with Crippen LogP contribution in [0.4, 0.5) is 0 Å². The van der Waals surface area contributed by atoms with Crippen LogP contribution in [0.2, 0.25) is 0 Å². The molecule has 1 N–H and O–H groups in total. The Hall–Kier alpha value is -0.740. The van der Waals surface area contributed by atoms with Gasteiger partial charge in [-0.1, -0.05) is 13.8 Å². The van der Waals surface area contributed by atoms with Gasteiger partial charge in [-0.05, 0) is 30.3 Å². The maximum absolute atomic E-state index is 5.22. The van der Waals surface area contributed by atoms with Crippen LogP contribution in [0.5, 0.6) is 5.75 Å². The number of pyridine rings is 1. The molecule has 96 valence electrons. The minimum atomic E-state index is 0.363. The van der Waals surface area contributed by atoms with Gasteiger partial charge in [-0.2, -0.15) is 11.8 Å². The molecule has 0 bridgehead atoms. The zero-order valence-corrected chi connectivity index (χ0v) is 11.7. The Kier molecular flexibility index (Phi) is 7.05. The molecule has 1 aromatic heterocycles. The Balaban J connectivity index is 2.71. The van der Waals surface area contributed by atoms with Crippen molar-refractivity contribution in [3.05, 3.63) is 24.0 Å². The second-order valence-corrected chi connectivity index (χ2v) is 5.14. The van der Waals surface area contributed by atoms with Crippen LogP contribution in [0.25, 0.3) is 0 Å². The van der Waals surface area contributed by atoms with Gasteiger partial charge in [0.1, 0.15) is 5.75 Å². The van der Waals surface area contributed by atoms with Crippen molar-refractivity contribution in [2.75, 3.05) is 25.2 Å². The van der Waals surface area contributed by atoms with Crippen LogP contribution in [-0.4, -0.2) is 30.1 Å². The van der Waals surface area contributed by atoms with Crippen molar-refractivity contribution in [1.29, 1.82) is 0 Å². The molecule has 0 aromatic carbocycles. The highest BCUT2D eigenvalue weighted by Crippen LogP contribution is 2.21. The molecule has 1 unspecified atom stereocenters. The normalized spacial score (nSPS) is 12.4. The van der Waals surface area contributed by atoms with Crippen molar-refractivity contribution in [3.8, 4) is 5.75 Å². The molecule has 1 aromatic rings. The number of hydrogen-bond donors (Lipinski definition) is 1. The number of ether oxygens (including phenoxy) is 1. The molecule has 0 aliphatic heterocycles. The minimum Gasteiger partial charge on any atom is -0.495 e. The summed E-state index contributed by atoms with van der Waals surface area (Å²) in [5, 5.41) is 3.56. The van der Waals surface area contributed by atoms with E-state index < -0.39 is 0 Å². The lowest BCUT2D eigenvalue weighted by atomic mass is 10.1. The third kappa shape index (κ3) is 4.96. The van der Waals surface area contributed by atoms with Crippen LogP contribution in [-0.2, 0) is 0 Å². The van der Waals surface area contributed by atoms with E-state index in [-0.39, 0.29) is 0 Å². The smallest absolute Gasteiger partial charge is 0.137 e. The maximum atomic E-state index is 5.22. The van der Waals surface area contributed by atoms with Crippen molar-refractivity contribution in [2.24, 2.45) is 0 Å². The number of methoxy groups -OCH3 is 1. The fourth-order valence-corrected chi connectivity index (χ4v) is 2.35. The Labute approximate surface area is 108 Å². The Morgan fingerprint density at radius 3 is 2.88 bits per heavy atom. The van der Waals surface area contributed by atoms with Crippen LogP contribution >= 0.6 is 11.8 Å². The number of nitrogens with zero attached hydrogens (tertiary/aromatic N) is 1. The lowest BCUT2D eigenvalue weighted by molar-refractivity contribution is 0.411. The lowest BCUT2D eigenvalue weighted by Gasteiger charge is -2.18. The zero-order valence-electron chi connectivity index (χ0n) is 10.9. The summed E-state index contributed by atoms with van der Waals surface area (Å²) >= 11 is 1.94. The van der Waals surface area contributed by atoms with E-state index >= 15 is 0 Å². The molecule has 1 rings (SSSR count). The number of rotatable bonds is 8. The summed E-state index contributed by atoms with van der Waals surface area (Å²) in [5.74, 6) is 3.04. The summed E-state index contributed by atoms with van der Waals surface area (Å²) in [5.41, 5.74) is 1.21. The standard InChI is InChI=1S/C13H22N2OS/c1-4-6-15-13(10-17-5-2)11-7-12(16-3)9-14-8-11/h7-9,13,15H,4-6,10H2,1-3H3. The number of hydrogen-bond acceptors (Lipinski definition) is 4. The molecule has 1 heterocycles. The SMILES string of the molecule is CCCNC(CSCC)c1cncc(OC)c1. The molecule has 17 heavy (non-hydrogen) atoms. The fourth-order valence-electron chi connectivity index (χ4n) is 1.57. The van der Waals surface area contributed by atoms with E-state index in [0.29, 0.717) is 6.04 Å². The summed E-state index contributed by atoms with van der Waals surface area (Å²) in [6.07, 6.45) is 4.81. The molecule has 0 aliphatic rings. The molecule has 0 saturated carbocycles. The van der Waals surface area contributed by atoms with Gasteiger partial charge in [0.05, 0.1) is 13.3 Å². The minimum absolute atomic E-state index is 0.363. The molecule has 0 spiro atoms. The van der Waals surface area contributed by atoms with Crippen LogP contribution < -0.4 is 10.1 Å². The van der Waals surface area contributed by atoms with Gasteiger partial charge < -0.3 is 10.1 Å². The quantitative estimate of drug-likeness (QED) is 0.773. The molecule has 0 amide bonds. The average molecular weight is 254 g/mol. The summed E-state index contributed by atoms with van der Waals surface area (Å²) in [6, 6.07) is 2.43. The first-order valence-electron chi connectivity index (χ1n) is 6.11. The Morgan fingerprint density at radius 2 is 2.24 bits per heavy atom. The van der Waals surface area contributed by atoms with E-state index in [9.17, 15) is 0 Å². The Morgan fingerprint density at radius 1 is 1.41 bits per heavy atom. The number of aromatic nitrogens is 1. The van der Waals surface area contributed by atoms with Crippen molar-refractivity contribution in [3.63, 3.8) is 0 Å². The van der Waals surface area contributed by atoms with Gasteiger partial charge in [-0.25, -0.2) is 0 Å². The van der Waals surface area contributed by atoms with Gasteiger partial charge in [0.2, 0.25) is 0 Å². The fraction of sp³-hybridized carbons (Fsp3) is 0.615. The van der Waals surface area contributed by atoms with Gasteiger partial charge in [-0.15, -0.1) is 0 Å². The Bertz CT molecular complexity index is 312. The van der Waals surface area contributed by atoms with Crippen LogP contribution in [0.15, 0.2) is 18.5 Å². The van der Waals surface area contributed by atoms with Gasteiger partial charge in [0, 0.05) is 18.0 Å². The third-order valence-corrected chi connectivity index (χ3v) is 3.48. The van der Waals surface area contributed by atoms with Gasteiger partial charge in [0.25, 0.3) is 0 Å². The molecule has 1 atom stereocenters. The van der Waals surface area contributed by atoms with Crippen molar-refractivity contribution in [2.45, 2.75) is 26.3 Å². The van der Waals surface area contributed by atoms with Gasteiger partial charge in [0.15, 0.2) is 0 Å². The van der Waals surface area contributed by atoms with E-state index in [1.807, 2.05) is 18.0 Å². The van der Waals surface area contributed by atoms with E-state index in [1.165, 1.54) is 5.56 Å². The van der Waals surface area contributed by atoms with Crippen molar-refractivity contribution >= 4 is 11.8 Å². The number of thioether (sulfide) groups is 1. The maximum Gasteiger partial charge on any atom is 0.137 e. The summed E-state index contributed by atoms with van der Waals surface area (Å²) in [4.78, 5) is 4.22. The van der Waals surface area contributed by atoms with Crippen molar-refractivity contribution in [1.82, 2.24) is 10.3 Å². The average Bonchev–Trinajstić information content (AvgIpc) is 2.39. The molecule has 0 fully saturated rings. The molecule has 4 heteroatoms. The molecule has 0 radical (unpaired) electrons. The summed E-state index contributed by atoms with van der Waals surface area (Å²) in [7, 11) is 1.68. The molecule has 3 nitrogen and oxygen atoms in total. The lowest BCUT2D eigenvalue weighted by Crippen LogP contribution is -2.24. The topological polar surface area (TPSA) is 34.2 Å². The third-order valence-electron chi connectivity index (χ3n) is 2.50. The van der Waals surface area contributed by atoms with E-state index in [4.69, 9.17) is 4.74 Å². The van der Waals surface area contributed by atoms with Crippen LogP contribution in [0.3, 0.4) is 0 Å². The van der Waals surface area contributed by atoms with Crippen LogP contribution in [0.1, 0.15) is 31.9 Å². The summed E-state index contributed by atoms with van der Waals surface area (Å²) < 4.78 is 5.22. The van der Waals surface area contributed by atoms with E-state index in [0.717, 1.165) is 30.2 Å². The predicted octanol–water partition coefficient (Wildman–Crippen LogP) is 2.88. The number of nitrogens with one attached hydrogen (secondary N) is 1.